The first-order chi connectivity index (χ1) is 9.16. The van der Waals surface area contributed by atoms with Crippen molar-refractivity contribution >= 4 is 0 Å². The zero-order valence-electron chi connectivity index (χ0n) is 12.2. The largest absolute Gasteiger partial charge is 0.392 e. The van der Waals surface area contributed by atoms with Crippen molar-refractivity contribution in [3.8, 4) is 0 Å². The van der Waals surface area contributed by atoms with Crippen molar-refractivity contribution in [2.45, 2.75) is 51.6 Å². The normalized spacial score (nSPS) is 20.3. The Hall–Kier alpha value is -0.860. The lowest BCUT2D eigenvalue weighted by Gasteiger charge is -2.26. The van der Waals surface area contributed by atoms with Crippen molar-refractivity contribution in [1.82, 2.24) is 5.32 Å². The van der Waals surface area contributed by atoms with Gasteiger partial charge in [0.25, 0.3) is 0 Å². The second-order valence-corrected chi connectivity index (χ2v) is 6.23. The molecule has 2 atom stereocenters. The van der Waals surface area contributed by atoms with E-state index in [-0.39, 0.29) is 6.10 Å². The summed E-state index contributed by atoms with van der Waals surface area (Å²) < 4.78 is 0. The van der Waals surface area contributed by atoms with E-state index >= 15 is 0 Å². The van der Waals surface area contributed by atoms with E-state index in [1.807, 2.05) is 0 Å². The molecule has 2 rings (SSSR count). The van der Waals surface area contributed by atoms with Crippen molar-refractivity contribution in [1.29, 1.82) is 0 Å². The Labute approximate surface area is 117 Å². The lowest BCUT2D eigenvalue weighted by molar-refractivity contribution is 0.146. The fourth-order valence-electron chi connectivity index (χ4n) is 3.12. The number of hydrogen-bond donors (Lipinski definition) is 2. The molecular weight excluding hydrogens is 234 g/mol. The number of fused-ring (bicyclic) bond motifs is 1. The van der Waals surface area contributed by atoms with Gasteiger partial charge in [0.05, 0.1) is 6.10 Å². The number of hydrogen-bond acceptors (Lipinski definition) is 2. The molecule has 0 spiro atoms. The minimum Gasteiger partial charge on any atom is -0.392 e. The van der Waals surface area contributed by atoms with Crippen LogP contribution in [0.4, 0.5) is 0 Å². The molecule has 0 aliphatic heterocycles. The molecule has 2 heteroatoms. The van der Waals surface area contributed by atoms with E-state index in [2.05, 4.69) is 43.4 Å². The Balaban J connectivity index is 1.81. The molecule has 2 N–H and O–H groups in total. The molecule has 19 heavy (non-hydrogen) atoms. The summed E-state index contributed by atoms with van der Waals surface area (Å²) in [6.07, 6.45) is 4.46. The topological polar surface area (TPSA) is 32.3 Å². The average molecular weight is 261 g/mol. The molecule has 106 valence electrons. The van der Waals surface area contributed by atoms with Crippen molar-refractivity contribution in [3.05, 3.63) is 35.4 Å². The van der Waals surface area contributed by atoms with Crippen molar-refractivity contribution in [2.75, 3.05) is 13.1 Å². The number of aryl methyl sites for hydroxylation is 1. The van der Waals surface area contributed by atoms with Gasteiger partial charge in [0.15, 0.2) is 0 Å². The van der Waals surface area contributed by atoms with Gasteiger partial charge in [-0.15, -0.1) is 0 Å². The molecule has 1 aromatic rings. The number of benzene rings is 1. The molecule has 1 aromatic carbocycles. The SMILES string of the molecule is CC(C)CC(O)CNCC1CCCc2ccccc21. The van der Waals surface area contributed by atoms with Crippen molar-refractivity contribution < 1.29 is 5.11 Å². The maximum Gasteiger partial charge on any atom is 0.0667 e. The van der Waals surface area contributed by atoms with Gasteiger partial charge >= 0.3 is 0 Å². The van der Waals surface area contributed by atoms with Crippen LogP contribution < -0.4 is 5.32 Å². The molecule has 0 radical (unpaired) electrons. The molecule has 0 saturated carbocycles. The van der Waals surface area contributed by atoms with Gasteiger partial charge in [-0.2, -0.15) is 0 Å². The molecule has 2 unspecified atom stereocenters. The molecule has 0 amide bonds. The van der Waals surface area contributed by atoms with Gasteiger partial charge in [0.2, 0.25) is 0 Å². The third-order valence-corrected chi connectivity index (χ3v) is 4.01. The minimum absolute atomic E-state index is 0.209. The van der Waals surface area contributed by atoms with Crippen LogP contribution in [0, 0.1) is 5.92 Å². The number of aliphatic hydroxyl groups excluding tert-OH is 1. The first-order valence-electron chi connectivity index (χ1n) is 7.63. The second-order valence-electron chi connectivity index (χ2n) is 6.23. The van der Waals surface area contributed by atoms with Crippen LogP contribution in [0.2, 0.25) is 0 Å². The standard InChI is InChI=1S/C17H27NO/c1-13(2)10-16(19)12-18-11-15-8-5-7-14-6-3-4-9-17(14)15/h3-4,6,9,13,15-16,18-19H,5,7-8,10-12H2,1-2H3. The number of aliphatic hydroxyl groups is 1. The van der Waals surface area contributed by atoms with E-state index in [0.717, 1.165) is 19.5 Å². The van der Waals surface area contributed by atoms with Crippen LogP contribution in [0.1, 0.15) is 50.2 Å². The summed E-state index contributed by atoms with van der Waals surface area (Å²) in [5.41, 5.74) is 3.03. The van der Waals surface area contributed by atoms with Crippen LogP contribution in [0.3, 0.4) is 0 Å². The Kier molecular flexibility index (Phi) is 5.41. The monoisotopic (exact) mass is 261 g/mol. The summed E-state index contributed by atoms with van der Waals surface area (Å²) in [5.74, 6) is 1.18. The van der Waals surface area contributed by atoms with Crippen LogP contribution in [-0.2, 0) is 6.42 Å². The minimum atomic E-state index is -0.209. The van der Waals surface area contributed by atoms with E-state index < -0.39 is 0 Å². The molecule has 2 nitrogen and oxygen atoms in total. The molecule has 0 heterocycles. The lowest BCUT2D eigenvalue weighted by atomic mass is 9.83. The van der Waals surface area contributed by atoms with Gasteiger partial charge in [0, 0.05) is 13.1 Å². The summed E-state index contributed by atoms with van der Waals surface area (Å²) in [4.78, 5) is 0. The van der Waals surface area contributed by atoms with E-state index in [4.69, 9.17) is 0 Å². The first kappa shape index (κ1) is 14.5. The summed E-state index contributed by atoms with van der Waals surface area (Å²) in [7, 11) is 0. The van der Waals surface area contributed by atoms with Gasteiger partial charge in [0.1, 0.15) is 0 Å². The van der Waals surface area contributed by atoms with E-state index in [1.165, 1.54) is 30.4 Å². The van der Waals surface area contributed by atoms with E-state index in [0.29, 0.717) is 11.8 Å². The van der Waals surface area contributed by atoms with Crippen molar-refractivity contribution in [3.63, 3.8) is 0 Å². The number of rotatable bonds is 6. The van der Waals surface area contributed by atoms with Crippen LogP contribution in [-0.4, -0.2) is 24.3 Å². The van der Waals surface area contributed by atoms with Crippen LogP contribution >= 0.6 is 0 Å². The van der Waals surface area contributed by atoms with Gasteiger partial charge in [-0.3, -0.25) is 0 Å². The quantitative estimate of drug-likeness (QED) is 0.824. The highest BCUT2D eigenvalue weighted by molar-refractivity contribution is 5.32. The van der Waals surface area contributed by atoms with Gasteiger partial charge in [-0.1, -0.05) is 38.1 Å². The second kappa shape index (κ2) is 7.06. The molecule has 0 saturated heterocycles. The van der Waals surface area contributed by atoms with Gasteiger partial charge in [-0.05, 0) is 48.6 Å². The Bertz CT molecular complexity index is 389. The predicted octanol–water partition coefficient (Wildman–Crippen LogP) is 3.10. The molecule has 0 bridgehead atoms. The zero-order chi connectivity index (χ0) is 13.7. The molecule has 1 aliphatic rings. The van der Waals surface area contributed by atoms with Crippen LogP contribution in [0.25, 0.3) is 0 Å². The molecule has 0 fully saturated rings. The van der Waals surface area contributed by atoms with E-state index in [1.54, 1.807) is 0 Å². The van der Waals surface area contributed by atoms with Crippen molar-refractivity contribution in [2.24, 2.45) is 5.92 Å². The highest BCUT2D eigenvalue weighted by Crippen LogP contribution is 2.30. The van der Waals surface area contributed by atoms with Crippen LogP contribution in [0.5, 0.6) is 0 Å². The fraction of sp³-hybridized carbons (Fsp3) is 0.647. The third-order valence-electron chi connectivity index (χ3n) is 4.01. The van der Waals surface area contributed by atoms with E-state index in [9.17, 15) is 5.11 Å². The smallest absolute Gasteiger partial charge is 0.0667 e. The highest BCUT2D eigenvalue weighted by atomic mass is 16.3. The maximum absolute atomic E-state index is 9.88. The summed E-state index contributed by atoms with van der Waals surface area (Å²) in [5, 5.41) is 13.3. The highest BCUT2D eigenvalue weighted by Gasteiger charge is 2.19. The predicted molar refractivity (Wildman–Crippen MR) is 80.5 cm³/mol. The first-order valence-corrected chi connectivity index (χ1v) is 7.63. The fourth-order valence-corrected chi connectivity index (χ4v) is 3.12. The Morgan fingerprint density at radius 3 is 2.89 bits per heavy atom. The Morgan fingerprint density at radius 1 is 1.32 bits per heavy atom. The van der Waals surface area contributed by atoms with Gasteiger partial charge in [-0.25, -0.2) is 0 Å². The third kappa shape index (κ3) is 4.32. The molecule has 1 aliphatic carbocycles. The zero-order valence-corrected chi connectivity index (χ0v) is 12.2. The van der Waals surface area contributed by atoms with Gasteiger partial charge < -0.3 is 10.4 Å². The summed E-state index contributed by atoms with van der Waals surface area (Å²) in [6, 6.07) is 8.81. The lowest BCUT2D eigenvalue weighted by Crippen LogP contribution is -2.32. The Morgan fingerprint density at radius 2 is 2.11 bits per heavy atom. The maximum atomic E-state index is 9.88. The summed E-state index contributed by atoms with van der Waals surface area (Å²) >= 11 is 0. The summed E-state index contributed by atoms with van der Waals surface area (Å²) in [6.45, 7) is 6.02. The number of nitrogens with one attached hydrogen (secondary N) is 1. The van der Waals surface area contributed by atoms with Crippen LogP contribution in [0.15, 0.2) is 24.3 Å². The molecule has 0 aromatic heterocycles. The average Bonchev–Trinajstić information content (AvgIpc) is 2.38. The molecular formula is C17H27NO.